The maximum atomic E-state index is 12.4. The van der Waals surface area contributed by atoms with Crippen LogP contribution in [0.3, 0.4) is 0 Å². The number of esters is 1. The Balaban J connectivity index is 1.53. The molecule has 0 saturated carbocycles. The van der Waals surface area contributed by atoms with Crippen LogP contribution in [0.2, 0.25) is 10.0 Å². The largest absolute Gasteiger partial charge is 0.493 e. The number of nitrogens with one attached hydrogen (secondary N) is 2. The van der Waals surface area contributed by atoms with Gasteiger partial charge in [0.25, 0.3) is 0 Å². The molecule has 0 aliphatic carbocycles. The molecule has 2 amide bonds. The molecule has 0 heterocycles. The SMILES string of the molecule is COc1ccc(C(=O)Oc2ccc(C=NNC(=O)C(=O)Nc3ccc(Cl)c(Cl)c3)cc2)cc1OC. The second-order valence-electron chi connectivity index (χ2n) is 6.81. The molecule has 0 unspecified atom stereocenters. The Morgan fingerprint density at radius 1 is 0.829 bits per heavy atom. The fourth-order valence-electron chi connectivity index (χ4n) is 2.73. The van der Waals surface area contributed by atoms with Crippen molar-refractivity contribution in [3.63, 3.8) is 0 Å². The van der Waals surface area contributed by atoms with Crippen LogP contribution in [-0.2, 0) is 9.59 Å². The van der Waals surface area contributed by atoms with Crippen LogP contribution in [-0.4, -0.2) is 38.2 Å². The molecule has 0 radical (unpaired) electrons. The molecule has 3 aromatic rings. The van der Waals surface area contributed by atoms with Gasteiger partial charge >= 0.3 is 17.8 Å². The number of anilines is 1. The van der Waals surface area contributed by atoms with Crippen molar-refractivity contribution in [1.29, 1.82) is 0 Å². The summed E-state index contributed by atoms with van der Waals surface area (Å²) in [6.45, 7) is 0. The number of carbonyl (C=O) groups excluding carboxylic acids is 3. The molecule has 3 rings (SSSR count). The number of rotatable bonds is 7. The zero-order chi connectivity index (χ0) is 25.4. The van der Waals surface area contributed by atoms with Crippen molar-refractivity contribution >= 4 is 52.9 Å². The second kappa shape index (κ2) is 11.9. The van der Waals surface area contributed by atoms with Gasteiger partial charge < -0.3 is 19.5 Å². The molecular weight excluding hydrogens is 497 g/mol. The van der Waals surface area contributed by atoms with Gasteiger partial charge in [-0.05, 0) is 66.2 Å². The summed E-state index contributed by atoms with van der Waals surface area (Å²) in [7, 11) is 2.97. The Bertz CT molecular complexity index is 1280. The second-order valence-corrected chi connectivity index (χ2v) is 7.62. The van der Waals surface area contributed by atoms with E-state index in [4.69, 9.17) is 37.4 Å². The van der Waals surface area contributed by atoms with Crippen LogP contribution in [0, 0.1) is 0 Å². The molecule has 0 aromatic heterocycles. The molecule has 35 heavy (non-hydrogen) atoms. The van der Waals surface area contributed by atoms with Crippen molar-refractivity contribution in [1.82, 2.24) is 5.43 Å². The first-order valence-corrected chi connectivity index (χ1v) is 10.7. The van der Waals surface area contributed by atoms with E-state index in [0.29, 0.717) is 33.5 Å². The van der Waals surface area contributed by atoms with Crippen LogP contribution in [0.15, 0.2) is 65.8 Å². The number of methoxy groups -OCH3 is 2. The van der Waals surface area contributed by atoms with Gasteiger partial charge in [0.15, 0.2) is 11.5 Å². The summed E-state index contributed by atoms with van der Waals surface area (Å²) in [6.07, 6.45) is 1.32. The summed E-state index contributed by atoms with van der Waals surface area (Å²) >= 11 is 11.7. The number of nitrogens with zero attached hydrogens (tertiary/aromatic N) is 1. The normalized spacial score (nSPS) is 10.5. The Kier molecular flexibility index (Phi) is 8.66. The van der Waals surface area contributed by atoms with Crippen LogP contribution >= 0.6 is 23.2 Å². The Morgan fingerprint density at radius 3 is 2.20 bits per heavy atom. The van der Waals surface area contributed by atoms with E-state index in [0.717, 1.165) is 0 Å². The summed E-state index contributed by atoms with van der Waals surface area (Å²) in [5.41, 5.74) is 3.30. The van der Waals surface area contributed by atoms with Gasteiger partial charge in [0, 0.05) is 5.69 Å². The summed E-state index contributed by atoms with van der Waals surface area (Å²) < 4.78 is 15.7. The van der Waals surface area contributed by atoms with Crippen LogP contribution < -0.4 is 25.0 Å². The third-order valence-electron chi connectivity index (χ3n) is 4.47. The monoisotopic (exact) mass is 515 g/mol. The topological polar surface area (TPSA) is 115 Å². The number of hydrogen-bond donors (Lipinski definition) is 2. The van der Waals surface area contributed by atoms with Crippen molar-refractivity contribution in [3.05, 3.63) is 81.8 Å². The number of amides is 2. The van der Waals surface area contributed by atoms with Crippen LogP contribution in [0.25, 0.3) is 0 Å². The first kappa shape index (κ1) is 25.5. The predicted molar refractivity (Wildman–Crippen MR) is 132 cm³/mol. The molecule has 3 aromatic carbocycles. The minimum atomic E-state index is -0.979. The zero-order valence-corrected chi connectivity index (χ0v) is 20.0. The maximum absolute atomic E-state index is 12.4. The summed E-state index contributed by atoms with van der Waals surface area (Å²) in [6, 6.07) is 15.4. The van der Waals surface area contributed by atoms with Gasteiger partial charge in [0.2, 0.25) is 0 Å². The number of hydrazone groups is 1. The van der Waals surface area contributed by atoms with E-state index in [1.54, 1.807) is 36.4 Å². The fourth-order valence-corrected chi connectivity index (χ4v) is 3.03. The molecule has 0 saturated heterocycles. The average molecular weight is 516 g/mol. The molecule has 0 fully saturated rings. The lowest BCUT2D eigenvalue weighted by molar-refractivity contribution is -0.136. The van der Waals surface area contributed by atoms with Crippen LogP contribution in [0.4, 0.5) is 5.69 Å². The van der Waals surface area contributed by atoms with Crippen molar-refractivity contribution < 1.29 is 28.6 Å². The highest BCUT2D eigenvalue weighted by Gasteiger charge is 2.14. The lowest BCUT2D eigenvalue weighted by Gasteiger charge is -2.09. The third-order valence-corrected chi connectivity index (χ3v) is 5.21. The molecule has 180 valence electrons. The number of benzene rings is 3. The lowest BCUT2D eigenvalue weighted by Crippen LogP contribution is -2.32. The summed E-state index contributed by atoms with van der Waals surface area (Å²) in [5, 5.41) is 6.68. The van der Waals surface area contributed by atoms with Crippen molar-refractivity contribution in [2.24, 2.45) is 5.10 Å². The third kappa shape index (κ3) is 6.95. The fraction of sp³-hybridized carbons (Fsp3) is 0.0833. The highest BCUT2D eigenvalue weighted by molar-refractivity contribution is 6.43. The van der Waals surface area contributed by atoms with Gasteiger partial charge in [-0.25, -0.2) is 10.2 Å². The van der Waals surface area contributed by atoms with Gasteiger partial charge in [0.1, 0.15) is 5.75 Å². The van der Waals surface area contributed by atoms with Crippen molar-refractivity contribution in [2.45, 2.75) is 0 Å². The number of carbonyl (C=O) groups is 3. The molecule has 9 nitrogen and oxygen atoms in total. The maximum Gasteiger partial charge on any atom is 0.343 e. The molecule has 2 N–H and O–H groups in total. The molecule has 0 bridgehead atoms. The highest BCUT2D eigenvalue weighted by Crippen LogP contribution is 2.28. The molecular formula is C24H19Cl2N3O6. The lowest BCUT2D eigenvalue weighted by atomic mass is 10.2. The molecule has 0 aliphatic rings. The smallest absolute Gasteiger partial charge is 0.343 e. The van der Waals surface area contributed by atoms with E-state index >= 15 is 0 Å². The van der Waals surface area contributed by atoms with E-state index < -0.39 is 17.8 Å². The van der Waals surface area contributed by atoms with Crippen LogP contribution in [0.5, 0.6) is 17.2 Å². The first-order valence-electron chi connectivity index (χ1n) is 9.94. The van der Waals surface area contributed by atoms with E-state index in [-0.39, 0.29) is 10.6 Å². The number of ether oxygens (including phenoxy) is 3. The highest BCUT2D eigenvalue weighted by atomic mass is 35.5. The Labute approximate surface area is 210 Å². The Hall–Kier alpha value is -4.08. The Morgan fingerprint density at radius 2 is 1.54 bits per heavy atom. The van der Waals surface area contributed by atoms with Crippen molar-refractivity contribution in [3.8, 4) is 17.2 Å². The first-order chi connectivity index (χ1) is 16.8. The standard InChI is InChI=1S/C24H19Cl2N3O6/c1-33-20-10-5-15(11-21(20)34-2)24(32)35-17-7-3-14(4-8-17)13-27-29-23(31)22(30)28-16-6-9-18(25)19(26)12-16/h3-13H,1-2H3,(H,28,30)(H,29,31). The summed E-state index contributed by atoms with van der Waals surface area (Å²) in [5.74, 6) is -1.29. The van der Waals surface area contributed by atoms with Crippen LogP contribution in [0.1, 0.15) is 15.9 Å². The van der Waals surface area contributed by atoms with E-state index in [1.165, 1.54) is 44.7 Å². The zero-order valence-electron chi connectivity index (χ0n) is 18.5. The molecule has 11 heteroatoms. The molecule has 0 atom stereocenters. The summed E-state index contributed by atoms with van der Waals surface area (Å²) in [4.78, 5) is 36.3. The molecule has 0 aliphatic heterocycles. The predicted octanol–water partition coefficient (Wildman–Crippen LogP) is 4.32. The molecule has 0 spiro atoms. The number of hydrogen-bond acceptors (Lipinski definition) is 7. The van der Waals surface area contributed by atoms with Crippen molar-refractivity contribution in [2.75, 3.05) is 19.5 Å². The van der Waals surface area contributed by atoms with Gasteiger partial charge in [0.05, 0.1) is 36.0 Å². The average Bonchev–Trinajstić information content (AvgIpc) is 2.86. The number of halogens is 2. The van der Waals surface area contributed by atoms with Gasteiger partial charge in [-0.1, -0.05) is 23.2 Å². The minimum Gasteiger partial charge on any atom is -0.493 e. The minimum absolute atomic E-state index is 0.237. The van der Waals surface area contributed by atoms with E-state index in [2.05, 4.69) is 15.8 Å². The van der Waals surface area contributed by atoms with Gasteiger partial charge in [-0.15, -0.1) is 0 Å². The van der Waals surface area contributed by atoms with Gasteiger partial charge in [-0.2, -0.15) is 5.10 Å². The quantitative estimate of drug-likeness (QED) is 0.159. The van der Waals surface area contributed by atoms with E-state index in [9.17, 15) is 14.4 Å². The van der Waals surface area contributed by atoms with Gasteiger partial charge in [-0.3, -0.25) is 9.59 Å². The van der Waals surface area contributed by atoms with E-state index in [1.807, 2.05) is 0 Å².